The molecule has 4 rings (SSSR count). The van der Waals surface area contributed by atoms with Crippen LogP contribution in [0.5, 0.6) is 0 Å². The predicted octanol–water partition coefficient (Wildman–Crippen LogP) is 6.26. The van der Waals surface area contributed by atoms with Crippen molar-refractivity contribution < 1.29 is 14.3 Å². The third-order valence-corrected chi connectivity index (χ3v) is 7.29. The lowest BCUT2D eigenvalue weighted by molar-refractivity contribution is -0.122. The van der Waals surface area contributed by atoms with Gasteiger partial charge in [-0.05, 0) is 67.6 Å². The second-order valence-corrected chi connectivity index (χ2v) is 9.83. The number of carbonyl (C=O) groups is 2. The minimum atomic E-state index is -0.303. The second kappa shape index (κ2) is 13.7. The second-order valence-electron chi connectivity index (χ2n) is 8.35. The monoisotopic (exact) mass is 548 g/mol. The lowest BCUT2D eigenvalue weighted by Gasteiger charge is -2.22. The molecular formula is C29H32N4O3S2. The fourth-order valence-electron chi connectivity index (χ4n) is 3.68. The van der Waals surface area contributed by atoms with Crippen LogP contribution in [0.1, 0.15) is 29.8 Å². The van der Waals surface area contributed by atoms with Crippen molar-refractivity contribution >= 4 is 52.8 Å². The first kappa shape index (κ1) is 28.9. The standard InChI is InChI=1S/C19H19N3OS2.C10H13NO2/c1-13(21(2)15-10-6-7-11-16(15)24)17-18(23)22(19(20)25-17)12-14-8-4-3-5-9-14;1-3-11-9-6-4-8(5-7-9)10(12)13-2/h3-11,20,24H,12H2,1-2H3;4-7,11H,3H2,1-2H3/b17-13+,20-19?;. The maximum atomic E-state index is 12.8. The molecule has 38 heavy (non-hydrogen) atoms. The number of esters is 1. The SMILES string of the molecule is C/C(=C1\SC(=N)N(Cc2ccccc2)C1=O)N(C)c1ccccc1S.CCNc1ccc(C(=O)OC)cc1. The fraction of sp³-hybridized carbons (Fsp3) is 0.207. The van der Waals surface area contributed by atoms with Gasteiger partial charge in [-0.25, -0.2) is 4.79 Å². The fourth-order valence-corrected chi connectivity index (χ4v) is 4.92. The molecule has 0 unspecified atom stereocenters. The number of carbonyl (C=O) groups excluding carboxylic acids is 2. The van der Waals surface area contributed by atoms with Gasteiger partial charge in [-0.2, -0.15) is 0 Å². The van der Waals surface area contributed by atoms with Gasteiger partial charge in [0.15, 0.2) is 5.17 Å². The molecule has 1 fully saturated rings. The normalized spacial score (nSPS) is 14.0. The summed E-state index contributed by atoms with van der Waals surface area (Å²) >= 11 is 5.70. The first-order chi connectivity index (χ1) is 18.3. The van der Waals surface area contributed by atoms with Crippen molar-refractivity contribution in [2.24, 2.45) is 0 Å². The van der Waals surface area contributed by atoms with E-state index in [0.29, 0.717) is 17.0 Å². The molecule has 1 saturated heterocycles. The highest BCUT2D eigenvalue weighted by Crippen LogP contribution is 2.36. The number of hydrogen-bond acceptors (Lipinski definition) is 8. The van der Waals surface area contributed by atoms with Crippen molar-refractivity contribution in [2.45, 2.75) is 25.3 Å². The number of hydrogen-bond donors (Lipinski definition) is 3. The molecule has 0 saturated carbocycles. The van der Waals surface area contributed by atoms with Gasteiger partial charge in [0.05, 0.1) is 29.8 Å². The van der Waals surface area contributed by atoms with Crippen LogP contribution in [-0.4, -0.2) is 42.6 Å². The van der Waals surface area contributed by atoms with Crippen molar-refractivity contribution in [3.05, 3.63) is 101 Å². The van der Waals surface area contributed by atoms with Crippen molar-refractivity contribution in [2.75, 3.05) is 30.9 Å². The molecule has 7 nitrogen and oxygen atoms in total. The summed E-state index contributed by atoms with van der Waals surface area (Å²) in [4.78, 5) is 28.8. The van der Waals surface area contributed by atoms with Crippen molar-refractivity contribution in [1.82, 2.24) is 4.90 Å². The van der Waals surface area contributed by atoms with E-state index in [0.717, 1.165) is 34.1 Å². The number of thiol groups is 1. The summed E-state index contributed by atoms with van der Waals surface area (Å²) in [6, 6.07) is 24.7. The molecule has 3 aromatic rings. The molecule has 0 atom stereocenters. The van der Waals surface area contributed by atoms with E-state index in [1.54, 1.807) is 12.1 Å². The maximum Gasteiger partial charge on any atom is 0.337 e. The van der Waals surface area contributed by atoms with Crippen LogP contribution in [0.2, 0.25) is 0 Å². The number of amides is 1. The first-order valence-electron chi connectivity index (χ1n) is 12.0. The Morgan fingerprint density at radius 3 is 2.29 bits per heavy atom. The van der Waals surface area contributed by atoms with Gasteiger partial charge < -0.3 is 15.0 Å². The average Bonchev–Trinajstić information content (AvgIpc) is 3.22. The number of para-hydroxylation sites is 1. The number of methoxy groups -OCH3 is 1. The minimum Gasteiger partial charge on any atom is -0.465 e. The van der Waals surface area contributed by atoms with Gasteiger partial charge in [0.1, 0.15) is 0 Å². The van der Waals surface area contributed by atoms with Crippen LogP contribution in [0.15, 0.2) is 94.4 Å². The molecule has 3 aromatic carbocycles. The van der Waals surface area contributed by atoms with Crippen LogP contribution in [0.3, 0.4) is 0 Å². The lowest BCUT2D eigenvalue weighted by atomic mass is 10.2. The smallest absolute Gasteiger partial charge is 0.337 e. The van der Waals surface area contributed by atoms with E-state index in [2.05, 4.69) is 22.7 Å². The third kappa shape index (κ3) is 7.20. The van der Waals surface area contributed by atoms with E-state index in [1.165, 1.54) is 23.8 Å². The molecule has 1 aliphatic rings. The molecule has 2 N–H and O–H groups in total. The maximum absolute atomic E-state index is 12.8. The summed E-state index contributed by atoms with van der Waals surface area (Å²) < 4.78 is 4.58. The van der Waals surface area contributed by atoms with Crippen LogP contribution >= 0.6 is 24.4 Å². The number of anilines is 2. The van der Waals surface area contributed by atoms with Crippen LogP contribution < -0.4 is 10.2 Å². The van der Waals surface area contributed by atoms with E-state index in [4.69, 9.17) is 5.41 Å². The van der Waals surface area contributed by atoms with Gasteiger partial charge in [-0.3, -0.25) is 15.1 Å². The Morgan fingerprint density at radius 1 is 1.05 bits per heavy atom. The summed E-state index contributed by atoms with van der Waals surface area (Å²) in [5, 5.41) is 11.6. The largest absolute Gasteiger partial charge is 0.465 e. The zero-order chi connectivity index (χ0) is 27.7. The third-order valence-electron chi connectivity index (χ3n) is 5.83. The van der Waals surface area contributed by atoms with Gasteiger partial charge in [0, 0.05) is 29.9 Å². The number of amidine groups is 1. The Labute approximate surface area is 233 Å². The zero-order valence-electron chi connectivity index (χ0n) is 21.9. The van der Waals surface area contributed by atoms with Crippen molar-refractivity contribution in [3.63, 3.8) is 0 Å². The molecule has 0 aliphatic carbocycles. The van der Waals surface area contributed by atoms with Gasteiger partial charge in [-0.15, -0.1) is 12.6 Å². The van der Waals surface area contributed by atoms with Crippen LogP contribution in [0, 0.1) is 5.41 Å². The molecule has 0 bridgehead atoms. The molecule has 1 aliphatic heterocycles. The highest BCUT2D eigenvalue weighted by Gasteiger charge is 2.34. The van der Waals surface area contributed by atoms with Crippen LogP contribution in [-0.2, 0) is 16.1 Å². The molecule has 0 aromatic heterocycles. The summed E-state index contributed by atoms with van der Waals surface area (Å²) in [5.41, 5.74) is 4.34. The Bertz CT molecular complexity index is 1310. The Kier molecular flexibility index (Phi) is 10.4. The summed E-state index contributed by atoms with van der Waals surface area (Å²) in [7, 11) is 3.29. The highest BCUT2D eigenvalue weighted by atomic mass is 32.2. The van der Waals surface area contributed by atoms with Gasteiger partial charge >= 0.3 is 5.97 Å². The number of thioether (sulfide) groups is 1. The molecule has 1 amide bonds. The number of rotatable bonds is 7. The number of benzene rings is 3. The topological polar surface area (TPSA) is 85.7 Å². The Morgan fingerprint density at radius 2 is 1.68 bits per heavy atom. The molecule has 0 spiro atoms. The van der Waals surface area contributed by atoms with Crippen LogP contribution in [0.25, 0.3) is 0 Å². The van der Waals surface area contributed by atoms with Gasteiger partial charge in [-0.1, -0.05) is 42.5 Å². The summed E-state index contributed by atoms with van der Waals surface area (Å²) in [5.74, 6) is -0.428. The van der Waals surface area contributed by atoms with E-state index in [9.17, 15) is 9.59 Å². The lowest BCUT2D eigenvalue weighted by Crippen LogP contribution is -2.29. The minimum absolute atomic E-state index is 0.125. The zero-order valence-corrected chi connectivity index (χ0v) is 23.6. The van der Waals surface area contributed by atoms with Gasteiger partial charge in [0.2, 0.25) is 0 Å². The molecular weight excluding hydrogens is 516 g/mol. The average molecular weight is 549 g/mol. The Balaban J connectivity index is 0.000000260. The summed E-state index contributed by atoms with van der Waals surface area (Å²) in [6.45, 7) is 5.21. The number of ether oxygens (including phenoxy) is 1. The van der Waals surface area contributed by atoms with E-state index >= 15 is 0 Å². The molecule has 1 heterocycles. The number of allylic oxidation sites excluding steroid dienone is 1. The predicted molar refractivity (Wildman–Crippen MR) is 159 cm³/mol. The summed E-state index contributed by atoms with van der Waals surface area (Å²) in [6.07, 6.45) is 0. The van der Waals surface area contributed by atoms with E-state index in [-0.39, 0.29) is 17.0 Å². The Hall–Kier alpha value is -3.69. The number of nitrogens with one attached hydrogen (secondary N) is 2. The van der Waals surface area contributed by atoms with E-state index < -0.39 is 0 Å². The van der Waals surface area contributed by atoms with Crippen LogP contribution in [0.4, 0.5) is 11.4 Å². The van der Waals surface area contributed by atoms with Crippen molar-refractivity contribution in [3.8, 4) is 0 Å². The molecule has 198 valence electrons. The van der Waals surface area contributed by atoms with Crippen molar-refractivity contribution in [1.29, 1.82) is 5.41 Å². The molecule has 9 heteroatoms. The molecule has 0 radical (unpaired) electrons. The van der Waals surface area contributed by atoms with E-state index in [1.807, 2.05) is 92.5 Å². The highest BCUT2D eigenvalue weighted by molar-refractivity contribution is 8.18. The quantitative estimate of drug-likeness (QED) is 0.184. The first-order valence-corrected chi connectivity index (χ1v) is 13.3. The number of nitrogens with zero attached hydrogens (tertiary/aromatic N) is 2. The van der Waals surface area contributed by atoms with Gasteiger partial charge in [0.25, 0.3) is 5.91 Å².